The fraction of sp³-hybridized carbons (Fsp3) is 0.500. The summed E-state index contributed by atoms with van der Waals surface area (Å²) >= 11 is 0. The van der Waals surface area contributed by atoms with Crippen molar-refractivity contribution in [3.8, 4) is 0 Å². The molecule has 0 aliphatic carbocycles. The van der Waals surface area contributed by atoms with E-state index in [4.69, 9.17) is 0 Å². The van der Waals surface area contributed by atoms with E-state index in [0.29, 0.717) is 18.5 Å². The topological polar surface area (TPSA) is 40.5 Å². The molecule has 2 rings (SSSR count). The maximum atomic E-state index is 12.3. The van der Waals surface area contributed by atoms with Crippen LogP contribution in [-0.4, -0.2) is 34.1 Å². The van der Waals surface area contributed by atoms with Gasteiger partial charge in [-0.25, -0.2) is 0 Å². The molecule has 1 saturated heterocycles. The molecule has 0 aromatic heterocycles. The molecular formula is C14H19NO2. The molecule has 0 bridgehead atoms. The Morgan fingerprint density at radius 3 is 2.41 bits per heavy atom. The average molecular weight is 233 g/mol. The van der Waals surface area contributed by atoms with Gasteiger partial charge in [0.1, 0.15) is 0 Å². The summed E-state index contributed by atoms with van der Waals surface area (Å²) in [7, 11) is 0. The third kappa shape index (κ3) is 2.34. The van der Waals surface area contributed by atoms with Gasteiger partial charge in [-0.2, -0.15) is 0 Å². The predicted octanol–water partition coefficient (Wildman–Crippen LogP) is 1.98. The van der Waals surface area contributed by atoms with Crippen LogP contribution in [0.3, 0.4) is 0 Å². The van der Waals surface area contributed by atoms with Crippen LogP contribution in [0.15, 0.2) is 24.3 Å². The molecule has 1 N–H and O–H groups in total. The summed E-state index contributed by atoms with van der Waals surface area (Å²) in [5, 5.41) is 9.68. The summed E-state index contributed by atoms with van der Waals surface area (Å²) in [6.45, 7) is 6.42. The third-order valence-electron chi connectivity index (χ3n) is 3.40. The van der Waals surface area contributed by atoms with Crippen LogP contribution in [0.4, 0.5) is 0 Å². The Balaban J connectivity index is 2.23. The number of aliphatic hydroxyl groups excluding tert-OH is 1. The highest BCUT2D eigenvalue weighted by Crippen LogP contribution is 2.30. The number of amides is 1. The van der Waals surface area contributed by atoms with Crippen molar-refractivity contribution in [3.05, 3.63) is 35.4 Å². The maximum absolute atomic E-state index is 12.3. The van der Waals surface area contributed by atoms with Gasteiger partial charge in [-0.1, -0.05) is 17.7 Å². The van der Waals surface area contributed by atoms with Gasteiger partial charge in [0, 0.05) is 17.6 Å². The van der Waals surface area contributed by atoms with E-state index in [0.717, 1.165) is 5.56 Å². The summed E-state index contributed by atoms with van der Waals surface area (Å²) in [5.41, 5.74) is 1.57. The zero-order chi connectivity index (χ0) is 12.6. The first-order valence-electron chi connectivity index (χ1n) is 5.97. The van der Waals surface area contributed by atoms with Gasteiger partial charge in [0.15, 0.2) is 0 Å². The molecule has 1 aliphatic rings. The molecule has 1 aromatic rings. The number of likely N-dealkylation sites (tertiary alicyclic amines) is 1. The number of carbonyl (C=O) groups excluding carboxylic acids is 1. The Kier molecular flexibility index (Phi) is 2.96. The highest BCUT2D eigenvalue weighted by molar-refractivity contribution is 5.95. The van der Waals surface area contributed by atoms with Gasteiger partial charge < -0.3 is 10.0 Å². The molecule has 1 heterocycles. The van der Waals surface area contributed by atoms with Gasteiger partial charge in [0.25, 0.3) is 5.91 Å². The smallest absolute Gasteiger partial charge is 0.254 e. The summed E-state index contributed by atoms with van der Waals surface area (Å²) in [6, 6.07) is 7.57. The van der Waals surface area contributed by atoms with E-state index in [1.807, 2.05) is 45.0 Å². The second-order valence-electron chi connectivity index (χ2n) is 5.45. The molecular weight excluding hydrogens is 214 g/mol. The maximum Gasteiger partial charge on any atom is 0.254 e. The van der Waals surface area contributed by atoms with Crippen LogP contribution in [0.25, 0.3) is 0 Å². The lowest BCUT2D eigenvalue weighted by Gasteiger charge is -2.31. The van der Waals surface area contributed by atoms with Crippen LogP contribution in [0.1, 0.15) is 36.2 Å². The highest BCUT2D eigenvalue weighted by atomic mass is 16.3. The molecule has 0 radical (unpaired) electrons. The average Bonchev–Trinajstić information content (AvgIpc) is 2.52. The van der Waals surface area contributed by atoms with Crippen molar-refractivity contribution in [2.45, 2.75) is 38.8 Å². The number of aryl methyl sites for hydroxylation is 1. The molecule has 1 aromatic carbocycles. The van der Waals surface area contributed by atoms with E-state index in [1.54, 1.807) is 4.90 Å². The summed E-state index contributed by atoms with van der Waals surface area (Å²) in [6.07, 6.45) is 0.240. The van der Waals surface area contributed by atoms with Gasteiger partial charge in [-0.3, -0.25) is 4.79 Å². The van der Waals surface area contributed by atoms with Crippen molar-refractivity contribution in [1.29, 1.82) is 0 Å². The third-order valence-corrected chi connectivity index (χ3v) is 3.40. The lowest BCUT2D eigenvalue weighted by atomic mass is 10.0. The standard InChI is InChI=1S/C14H19NO2/c1-10-4-6-11(7-5-10)13(17)15-9-12(16)8-14(15,2)3/h4-7,12,16H,8-9H2,1-3H3. The zero-order valence-electron chi connectivity index (χ0n) is 10.6. The minimum Gasteiger partial charge on any atom is -0.391 e. The summed E-state index contributed by atoms with van der Waals surface area (Å²) in [5.74, 6) is 0.00606. The molecule has 1 aliphatic heterocycles. The minimum atomic E-state index is -0.403. The fourth-order valence-electron chi connectivity index (χ4n) is 2.42. The second kappa shape index (κ2) is 4.15. The van der Waals surface area contributed by atoms with Crippen LogP contribution in [0.2, 0.25) is 0 Å². The van der Waals surface area contributed by atoms with Gasteiger partial charge in [0.2, 0.25) is 0 Å². The molecule has 3 nitrogen and oxygen atoms in total. The van der Waals surface area contributed by atoms with Crippen LogP contribution in [-0.2, 0) is 0 Å². The summed E-state index contributed by atoms with van der Waals surface area (Å²) in [4.78, 5) is 14.1. The number of β-amino-alcohol motifs (C(OH)–C–C–N with tert-alkyl or cyclic N) is 1. The van der Waals surface area contributed by atoms with Crippen LogP contribution >= 0.6 is 0 Å². The number of hydrogen-bond donors (Lipinski definition) is 1. The van der Waals surface area contributed by atoms with Crippen molar-refractivity contribution < 1.29 is 9.90 Å². The number of benzene rings is 1. The molecule has 0 saturated carbocycles. The Labute approximate surface area is 102 Å². The van der Waals surface area contributed by atoms with E-state index in [9.17, 15) is 9.90 Å². The van der Waals surface area contributed by atoms with E-state index in [1.165, 1.54) is 0 Å². The fourth-order valence-corrected chi connectivity index (χ4v) is 2.42. The van der Waals surface area contributed by atoms with Crippen molar-refractivity contribution >= 4 is 5.91 Å². The van der Waals surface area contributed by atoms with E-state index >= 15 is 0 Å². The van der Waals surface area contributed by atoms with Crippen LogP contribution < -0.4 is 0 Å². The van der Waals surface area contributed by atoms with Crippen molar-refractivity contribution in [3.63, 3.8) is 0 Å². The Hall–Kier alpha value is -1.35. The van der Waals surface area contributed by atoms with Crippen molar-refractivity contribution in [2.75, 3.05) is 6.54 Å². The molecule has 1 amide bonds. The molecule has 0 spiro atoms. The molecule has 1 unspecified atom stereocenters. The lowest BCUT2D eigenvalue weighted by Crippen LogP contribution is -2.42. The normalized spacial score (nSPS) is 22.8. The predicted molar refractivity (Wildman–Crippen MR) is 66.9 cm³/mol. The monoisotopic (exact) mass is 233 g/mol. The molecule has 92 valence electrons. The van der Waals surface area contributed by atoms with Gasteiger partial charge in [-0.05, 0) is 39.3 Å². The quantitative estimate of drug-likeness (QED) is 0.805. The number of nitrogens with zero attached hydrogens (tertiary/aromatic N) is 1. The second-order valence-corrected chi connectivity index (χ2v) is 5.45. The van der Waals surface area contributed by atoms with Gasteiger partial charge in [0.05, 0.1) is 6.10 Å². The number of carbonyl (C=O) groups is 1. The molecule has 17 heavy (non-hydrogen) atoms. The lowest BCUT2D eigenvalue weighted by molar-refractivity contribution is 0.0641. The van der Waals surface area contributed by atoms with E-state index < -0.39 is 6.10 Å². The van der Waals surface area contributed by atoms with Gasteiger partial charge in [-0.15, -0.1) is 0 Å². The van der Waals surface area contributed by atoms with Crippen molar-refractivity contribution in [1.82, 2.24) is 4.90 Å². The Morgan fingerprint density at radius 2 is 1.94 bits per heavy atom. The first-order chi connectivity index (χ1) is 7.90. The number of hydrogen-bond acceptors (Lipinski definition) is 2. The first kappa shape index (κ1) is 12.1. The molecule has 3 heteroatoms. The highest BCUT2D eigenvalue weighted by Gasteiger charge is 2.40. The number of aliphatic hydroxyl groups is 1. The van der Waals surface area contributed by atoms with E-state index in [2.05, 4.69) is 0 Å². The SMILES string of the molecule is Cc1ccc(C(=O)N2CC(O)CC2(C)C)cc1. The summed E-state index contributed by atoms with van der Waals surface area (Å²) < 4.78 is 0. The first-order valence-corrected chi connectivity index (χ1v) is 5.97. The molecule has 1 atom stereocenters. The minimum absolute atomic E-state index is 0.00606. The van der Waals surface area contributed by atoms with Crippen LogP contribution in [0.5, 0.6) is 0 Å². The molecule has 1 fully saturated rings. The van der Waals surface area contributed by atoms with Crippen molar-refractivity contribution in [2.24, 2.45) is 0 Å². The van der Waals surface area contributed by atoms with Crippen LogP contribution in [0, 0.1) is 6.92 Å². The number of rotatable bonds is 1. The van der Waals surface area contributed by atoms with E-state index in [-0.39, 0.29) is 11.4 Å². The van der Waals surface area contributed by atoms with Gasteiger partial charge >= 0.3 is 0 Å². The Bertz CT molecular complexity index is 422. The Morgan fingerprint density at radius 1 is 1.35 bits per heavy atom. The zero-order valence-corrected chi connectivity index (χ0v) is 10.6. The largest absolute Gasteiger partial charge is 0.391 e.